The van der Waals surface area contributed by atoms with Crippen molar-refractivity contribution < 1.29 is 17.9 Å². The van der Waals surface area contributed by atoms with E-state index in [1.807, 2.05) is 6.07 Å². The van der Waals surface area contributed by atoms with E-state index in [1.54, 1.807) is 13.0 Å². The zero-order chi connectivity index (χ0) is 20.3. The number of rotatable bonds is 5. The molecule has 3 rings (SSSR count). The second kappa shape index (κ2) is 8.43. The van der Waals surface area contributed by atoms with Gasteiger partial charge in [0.2, 0.25) is 10.0 Å². The maximum atomic E-state index is 13.1. The van der Waals surface area contributed by atoms with E-state index in [2.05, 4.69) is 30.0 Å². The molecule has 0 atom stereocenters. The van der Waals surface area contributed by atoms with Gasteiger partial charge in [0.05, 0.1) is 17.6 Å². The smallest absolute Gasteiger partial charge is 0.337 e. The van der Waals surface area contributed by atoms with Crippen molar-refractivity contribution in [2.45, 2.75) is 25.3 Å². The van der Waals surface area contributed by atoms with E-state index in [0.717, 1.165) is 6.54 Å². The quantitative estimate of drug-likeness (QED) is 0.719. The third kappa shape index (κ3) is 4.43. The first-order chi connectivity index (χ1) is 13.3. The largest absolute Gasteiger partial charge is 0.465 e. The van der Waals surface area contributed by atoms with E-state index in [1.165, 1.54) is 34.7 Å². The van der Waals surface area contributed by atoms with Crippen LogP contribution in [0.4, 0.5) is 0 Å². The number of piperazine rings is 1. The number of ether oxygens (including phenoxy) is 1. The third-order valence-electron chi connectivity index (χ3n) is 5.03. The average Bonchev–Trinajstić information content (AvgIpc) is 2.67. The van der Waals surface area contributed by atoms with Crippen LogP contribution in [0, 0.1) is 13.8 Å². The highest BCUT2D eigenvalue weighted by atomic mass is 32.2. The third-order valence-corrected chi connectivity index (χ3v) is 7.09. The Morgan fingerprint density at radius 1 is 1.04 bits per heavy atom. The number of benzene rings is 2. The Kier molecular flexibility index (Phi) is 6.17. The molecule has 0 bridgehead atoms. The fourth-order valence-corrected chi connectivity index (χ4v) is 5.15. The molecule has 0 radical (unpaired) electrons. The maximum absolute atomic E-state index is 13.1. The lowest BCUT2D eigenvalue weighted by atomic mass is 10.1. The number of methoxy groups -OCH3 is 1. The molecule has 0 unspecified atom stereocenters. The molecule has 1 heterocycles. The molecule has 1 aliphatic heterocycles. The van der Waals surface area contributed by atoms with Crippen molar-refractivity contribution in [2.75, 3.05) is 33.3 Å². The van der Waals surface area contributed by atoms with Crippen LogP contribution in [0.25, 0.3) is 0 Å². The van der Waals surface area contributed by atoms with Gasteiger partial charge in [-0.05, 0) is 43.2 Å². The molecular formula is C21H26N2O4S. The highest BCUT2D eigenvalue weighted by Gasteiger charge is 2.30. The minimum Gasteiger partial charge on any atom is -0.465 e. The molecule has 0 aromatic heterocycles. The number of nitrogens with zero attached hydrogens (tertiary/aromatic N) is 2. The topological polar surface area (TPSA) is 66.9 Å². The molecule has 0 N–H and O–H groups in total. The van der Waals surface area contributed by atoms with E-state index < -0.39 is 16.0 Å². The van der Waals surface area contributed by atoms with Crippen molar-refractivity contribution in [3.63, 3.8) is 0 Å². The van der Waals surface area contributed by atoms with Crippen LogP contribution in [0.3, 0.4) is 0 Å². The van der Waals surface area contributed by atoms with Crippen molar-refractivity contribution in [1.29, 1.82) is 0 Å². The highest BCUT2D eigenvalue weighted by molar-refractivity contribution is 7.89. The number of carbonyl (C=O) groups is 1. The van der Waals surface area contributed by atoms with E-state index in [-0.39, 0.29) is 4.90 Å². The Bertz CT molecular complexity index is 964. The average molecular weight is 403 g/mol. The van der Waals surface area contributed by atoms with Gasteiger partial charge in [0.25, 0.3) is 0 Å². The normalized spacial score (nSPS) is 16.1. The second-order valence-electron chi connectivity index (χ2n) is 7.14. The van der Waals surface area contributed by atoms with Gasteiger partial charge in [0.15, 0.2) is 0 Å². The first kappa shape index (κ1) is 20.5. The van der Waals surface area contributed by atoms with Crippen LogP contribution in [-0.2, 0) is 21.3 Å². The summed E-state index contributed by atoms with van der Waals surface area (Å²) in [5, 5.41) is 0. The first-order valence-electron chi connectivity index (χ1n) is 9.28. The Balaban J connectivity index is 1.68. The monoisotopic (exact) mass is 402 g/mol. The van der Waals surface area contributed by atoms with Gasteiger partial charge in [-0.2, -0.15) is 4.31 Å². The summed E-state index contributed by atoms with van der Waals surface area (Å²) in [6, 6.07) is 12.9. The lowest BCUT2D eigenvalue weighted by Gasteiger charge is -2.34. The number of hydrogen-bond acceptors (Lipinski definition) is 5. The molecule has 1 saturated heterocycles. The van der Waals surface area contributed by atoms with Crippen molar-refractivity contribution in [3.8, 4) is 0 Å². The van der Waals surface area contributed by atoms with Gasteiger partial charge >= 0.3 is 5.97 Å². The molecule has 2 aromatic carbocycles. The second-order valence-corrected chi connectivity index (χ2v) is 9.05. The maximum Gasteiger partial charge on any atom is 0.337 e. The molecule has 0 amide bonds. The lowest BCUT2D eigenvalue weighted by molar-refractivity contribution is 0.0600. The molecule has 0 spiro atoms. The van der Waals surface area contributed by atoms with Crippen LogP contribution in [0.5, 0.6) is 0 Å². The standard InChI is InChI=1S/C21H26N2O4S/c1-16-5-4-6-18(13-16)15-22-9-11-23(12-10-22)28(25,26)20-8-7-19(14-17(20)2)21(24)27-3/h4-8,13-14H,9-12,15H2,1-3H3. The molecule has 1 fully saturated rings. The Hall–Kier alpha value is -2.22. The Morgan fingerprint density at radius 3 is 2.36 bits per heavy atom. The van der Waals surface area contributed by atoms with E-state index in [0.29, 0.717) is 37.3 Å². The molecule has 0 saturated carbocycles. The first-order valence-corrected chi connectivity index (χ1v) is 10.7. The van der Waals surface area contributed by atoms with Crippen LogP contribution in [0.15, 0.2) is 47.4 Å². The minimum absolute atomic E-state index is 0.243. The summed E-state index contributed by atoms with van der Waals surface area (Å²) in [5.74, 6) is -0.475. The number of carbonyl (C=O) groups excluding carboxylic acids is 1. The zero-order valence-electron chi connectivity index (χ0n) is 16.5. The summed E-state index contributed by atoms with van der Waals surface area (Å²) in [6.45, 7) is 6.87. The molecule has 0 aliphatic carbocycles. The van der Waals surface area contributed by atoms with E-state index in [9.17, 15) is 13.2 Å². The molecule has 1 aliphatic rings. The van der Waals surface area contributed by atoms with Crippen molar-refractivity contribution in [3.05, 3.63) is 64.7 Å². The van der Waals surface area contributed by atoms with Crippen LogP contribution in [0.2, 0.25) is 0 Å². The predicted octanol–water partition coefficient (Wildman–Crippen LogP) is 2.60. The molecule has 28 heavy (non-hydrogen) atoms. The fourth-order valence-electron chi connectivity index (χ4n) is 3.52. The SMILES string of the molecule is COC(=O)c1ccc(S(=O)(=O)N2CCN(Cc3cccc(C)c3)CC2)c(C)c1. The van der Waals surface area contributed by atoms with Gasteiger partial charge in [-0.1, -0.05) is 29.8 Å². The minimum atomic E-state index is -3.59. The Labute approximate surface area is 166 Å². The van der Waals surface area contributed by atoms with Crippen molar-refractivity contribution in [1.82, 2.24) is 9.21 Å². The van der Waals surface area contributed by atoms with Crippen LogP contribution in [-0.4, -0.2) is 56.9 Å². The van der Waals surface area contributed by atoms with Gasteiger partial charge in [-0.15, -0.1) is 0 Å². The van der Waals surface area contributed by atoms with Gasteiger partial charge in [-0.3, -0.25) is 4.90 Å². The number of hydrogen-bond donors (Lipinski definition) is 0. The van der Waals surface area contributed by atoms with Gasteiger partial charge in [0, 0.05) is 32.7 Å². The summed E-state index contributed by atoms with van der Waals surface area (Å²) in [6.07, 6.45) is 0. The van der Waals surface area contributed by atoms with Crippen LogP contribution < -0.4 is 0 Å². The molecule has 2 aromatic rings. The van der Waals surface area contributed by atoms with Gasteiger partial charge < -0.3 is 4.74 Å². The highest BCUT2D eigenvalue weighted by Crippen LogP contribution is 2.23. The number of esters is 1. The summed E-state index contributed by atoms with van der Waals surface area (Å²) < 4.78 is 32.3. The molecule has 7 heteroatoms. The molecule has 150 valence electrons. The summed E-state index contributed by atoms with van der Waals surface area (Å²) >= 11 is 0. The lowest BCUT2D eigenvalue weighted by Crippen LogP contribution is -2.48. The van der Waals surface area contributed by atoms with Crippen molar-refractivity contribution >= 4 is 16.0 Å². The number of aryl methyl sites for hydroxylation is 2. The van der Waals surface area contributed by atoms with Gasteiger partial charge in [-0.25, -0.2) is 13.2 Å². The summed E-state index contributed by atoms with van der Waals surface area (Å²) in [5.41, 5.74) is 3.36. The molecule has 6 nitrogen and oxygen atoms in total. The van der Waals surface area contributed by atoms with Gasteiger partial charge in [0.1, 0.15) is 0 Å². The van der Waals surface area contributed by atoms with Crippen molar-refractivity contribution in [2.24, 2.45) is 0 Å². The zero-order valence-corrected chi connectivity index (χ0v) is 17.3. The predicted molar refractivity (Wildman–Crippen MR) is 108 cm³/mol. The summed E-state index contributed by atoms with van der Waals surface area (Å²) in [7, 11) is -2.29. The van der Waals surface area contributed by atoms with E-state index in [4.69, 9.17) is 4.74 Å². The van der Waals surface area contributed by atoms with E-state index >= 15 is 0 Å². The fraction of sp³-hybridized carbons (Fsp3) is 0.381. The Morgan fingerprint density at radius 2 is 1.75 bits per heavy atom. The van der Waals surface area contributed by atoms with Crippen LogP contribution >= 0.6 is 0 Å². The summed E-state index contributed by atoms with van der Waals surface area (Å²) in [4.78, 5) is 14.2. The van der Waals surface area contributed by atoms with Crippen LogP contribution in [0.1, 0.15) is 27.0 Å². The molecular weight excluding hydrogens is 376 g/mol. The number of sulfonamides is 1.